The minimum absolute atomic E-state index is 0.558. The van der Waals surface area contributed by atoms with E-state index in [4.69, 9.17) is 0 Å². The first-order chi connectivity index (χ1) is 7.51. The minimum Gasteiger partial charge on any atom is -0.303 e. The number of rotatable bonds is 7. The Morgan fingerprint density at radius 3 is 2.88 bits per heavy atom. The summed E-state index contributed by atoms with van der Waals surface area (Å²) in [5.41, 5.74) is 0. The van der Waals surface area contributed by atoms with Crippen LogP contribution in [0.2, 0.25) is 0 Å². The van der Waals surface area contributed by atoms with E-state index >= 15 is 0 Å². The molecule has 1 atom stereocenters. The highest BCUT2D eigenvalue weighted by molar-refractivity contribution is 7.98. The van der Waals surface area contributed by atoms with Gasteiger partial charge in [0.1, 0.15) is 0 Å². The van der Waals surface area contributed by atoms with E-state index in [0.29, 0.717) is 6.54 Å². The average Bonchev–Trinajstić information content (AvgIpc) is 2.60. The molecular formula is C10H22N2O2S2. The topological polar surface area (TPSA) is 49.4 Å². The van der Waals surface area contributed by atoms with E-state index in [1.54, 1.807) is 0 Å². The summed E-state index contributed by atoms with van der Waals surface area (Å²) in [4.78, 5) is 2.44. The number of hydrogen-bond acceptors (Lipinski definition) is 4. The van der Waals surface area contributed by atoms with Gasteiger partial charge in [0, 0.05) is 13.1 Å². The summed E-state index contributed by atoms with van der Waals surface area (Å²) in [6, 6.07) is 0. The molecular weight excluding hydrogens is 244 g/mol. The summed E-state index contributed by atoms with van der Waals surface area (Å²) in [7, 11) is -3.01. The maximum absolute atomic E-state index is 10.8. The standard InChI is InChI=1S/C10H22N2O2S2/c1-15-9-10-4-7-12(8-10)6-3-5-11-16(2,13)14/h10-11H,3-9H2,1-2H3/t10-/m1/s1. The fourth-order valence-corrected chi connectivity index (χ4v) is 3.31. The predicted octanol–water partition coefficient (Wildman–Crippen LogP) is 0.611. The van der Waals surface area contributed by atoms with Crippen LogP contribution in [0.3, 0.4) is 0 Å². The van der Waals surface area contributed by atoms with Crippen LogP contribution in [-0.2, 0) is 10.0 Å². The van der Waals surface area contributed by atoms with Crippen LogP contribution < -0.4 is 4.72 Å². The zero-order valence-electron chi connectivity index (χ0n) is 10.1. The molecule has 1 fully saturated rings. The third-order valence-electron chi connectivity index (χ3n) is 2.79. The molecule has 1 heterocycles. The van der Waals surface area contributed by atoms with Crippen molar-refractivity contribution in [3.05, 3.63) is 0 Å². The zero-order valence-corrected chi connectivity index (χ0v) is 11.7. The number of hydrogen-bond donors (Lipinski definition) is 1. The minimum atomic E-state index is -3.01. The maximum Gasteiger partial charge on any atom is 0.208 e. The van der Waals surface area contributed by atoms with Gasteiger partial charge in [-0.1, -0.05) is 0 Å². The second kappa shape index (κ2) is 6.83. The molecule has 96 valence electrons. The van der Waals surface area contributed by atoms with Gasteiger partial charge in [-0.15, -0.1) is 0 Å². The first-order valence-corrected chi connectivity index (χ1v) is 8.95. The van der Waals surface area contributed by atoms with Crippen molar-refractivity contribution in [2.75, 3.05) is 44.4 Å². The quantitative estimate of drug-likeness (QED) is 0.686. The number of likely N-dealkylation sites (tertiary alicyclic amines) is 1. The molecule has 1 rings (SSSR count). The third kappa shape index (κ3) is 6.08. The van der Waals surface area contributed by atoms with E-state index in [-0.39, 0.29) is 0 Å². The van der Waals surface area contributed by atoms with E-state index in [0.717, 1.165) is 18.9 Å². The van der Waals surface area contributed by atoms with Gasteiger partial charge in [0.15, 0.2) is 0 Å². The fraction of sp³-hybridized carbons (Fsp3) is 1.00. The molecule has 0 amide bonds. The molecule has 0 aromatic rings. The van der Waals surface area contributed by atoms with E-state index in [2.05, 4.69) is 15.9 Å². The van der Waals surface area contributed by atoms with Crippen LogP contribution in [0.1, 0.15) is 12.8 Å². The van der Waals surface area contributed by atoms with Crippen LogP contribution in [0.5, 0.6) is 0 Å². The Morgan fingerprint density at radius 1 is 1.50 bits per heavy atom. The highest BCUT2D eigenvalue weighted by atomic mass is 32.2. The summed E-state index contributed by atoms with van der Waals surface area (Å²) in [6.07, 6.45) is 5.55. The summed E-state index contributed by atoms with van der Waals surface area (Å²) < 4.78 is 24.2. The van der Waals surface area contributed by atoms with Gasteiger partial charge < -0.3 is 4.90 Å². The van der Waals surface area contributed by atoms with Crippen LogP contribution in [0.15, 0.2) is 0 Å². The summed E-state index contributed by atoms with van der Waals surface area (Å²) in [5, 5.41) is 0. The van der Waals surface area contributed by atoms with Gasteiger partial charge in [0.25, 0.3) is 0 Å². The van der Waals surface area contributed by atoms with Gasteiger partial charge in [-0.05, 0) is 43.9 Å². The number of sulfonamides is 1. The summed E-state index contributed by atoms with van der Waals surface area (Å²) in [6.45, 7) is 3.92. The molecule has 0 aromatic heterocycles. The lowest BCUT2D eigenvalue weighted by molar-refractivity contribution is 0.324. The van der Waals surface area contributed by atoms with E-state index in [1.807, 2.05) is 11.8 Å². The van der Waals surface area contributed by atoms with Gasteiger partial charge in [-0.2, -0.15) is 11.8 Å². The molecule has 1 aliphatic rings. The molecule has 0 spiro atoms. The van der Waals surface area contributed by atoms with Gasteiger partial charge >= 0.3 is 0 Å². The van der Waals surface area contributed by atoms with Crippen molar-refractivity contribution in [1.82, 2.24) is 9.62 Å². The van der Waals surface area contributed by atoms with E-state index < -0.39 is 10.0 Å². The number of nitrogens with one attached hydrogen (secondary N) is 1. The van der Waals surface area contributed by atoms with Crippen molar-refractivity contribution in [2.24, 2.45) is 5.92 Å². The number of thioether (sulfide) groups is 1. The molecule has 0 radical (unpaired) electrons. The van der Waals surface area contributed by atoms with Crippen LogP contribution >= 0.6 is 11.8 Å². The van der Waals surface area contributed by atoms with E-state index in [1.165, 1.54) is 31.5 Å². The normalized spacial score (nSPS) is 22.8. The van der Waals surface area contributed by atoms with Crippen molar-refractivity contribution in [3.63, 3.8) is 0 Å². The van der Waals surface area contributed by atoms with Crippen molar-refractivity contribution in [3.8, 4) is 0 Å². The Bertz CT molecular complexity index is 293. The highest BCUT2D eigenvalue weighted by Crippen LogP contribution is 2.19. The Kier molecular flexibility index (Phi) is 6.10. The Hall–Kier alpha value is 0.220. The van der Waals surface area contributed by atoms with Crippen LogP contribution in [0.4, 0.5) is 0 Å². The fourth-order valence-electron chi connectivity index (χ4n) is 2.05. The lowest BCUT2D eigenvalue weighted by Gasteiger charge is -2.15. The molecule has 0 saturated carbocycles. The Balaban J connectivity index is 2.07. The molecule has 16 heavy (non-hydrogen) atoms. The summed E-state index contributed by atoms with van der Waals surface area (Å²) in [5.74, 6) is 2.08. The molecule has 0 bridgehead atoms. The smallest absolute Gasteiger partial charge is 0.208 e. The number of nitrogens with zero attached hydrogens (tertiary/aromatic N) is 1. The molecule has 0 unspecified atom stereocenters. The largest absolute Gasteiger partial charge is 0.303 e. The first kappa shape index (κ1) is 14.3. The second-order valence-electron chi connectivity index (χ2n) is 4.43. The van der Waals surface area contributed by atoms with Gasteiger partial charge in [0.2, 0.25) is 10.0 Å². The van der Waals surface area contributed by atoms with Crippen LogP contribution in [0, 0.1) is 5.92 Å². The van der Waals surface area contributed by atoms with Crippen LogP contribution in [0.25, 0.3) is 0 Å². The second-order valence-corrected chi connectivity index (χ2v) is 7.17. The molecule has 1 N–H and O–H groups in total. The van der Waals surface area contributed by atoms with Crippen molar-refractivity contribution < 1.29 is 8.42 Å². The SMILES string of the molecule is CSC[C@@H]1CCN(CCCNS(C)(=O)=O)C1. The van der Waals surface area contributed by atoms with Crippen molar-refractivity contribution in [2.45, 2.75) is 12.8 Å². The predicted molar refractivity (Wildman–Crippen MR) is 70.4 cm³/mol. The zero-order chi connectivity index (χ0) is 12.0. The average molecular weight is 266 g/mol. The van der Waals surface area contributed by atoms with Gasteiger partial charge in [0.05, 0.1) is 6.26 Å². The monoisotopic (exact) mass is 266 g/mol. The third-order valence-corrected chi connectivity index (χ3v) is 4.32. The van der Waals surface area contributed by atoms with Crippen LogP contribution in [-0.4, -0.2) is 57.8 Å². The molecule has 0 aromatic carbocycles. The maximum atomic E-state index is 10.8. The molecule has 6 heteroatoms. The molecule has 1 aliphatic heterocycles. The molecule has 1 saturated heterocycles. The lowest BCUT2D eigenvalue weighted by Crippen LogP contribution is -2.28. The molecule has 4 nitrogen and oxygen atoms in total. The van der Waals surface area contributed by atoms with E-state index in [9.17, 15) is 8.42 Å². The molecule has 0 aliphatic carbocycles. The van der Waals surface area contributed by atoms with Gasteiger partial charge in [-0.25, -0.2) is 13.1 Å². The Morgan fingerprint density at radius 2 is 2.25 bits per heavy atom. The Labute approximate surface area is 103 Å². The first-order valence-electron chi connectivity index (χ1n) is 5.67. The van der Waals surface area contributed by atoms with Crippen molar-refractivity contribution >= 4 is 21.8 Å². The highest BCUT2D eigenvalue weighted by Gasteiger charge is 2.21. The summed E-state index contributed by atoms with van der Waals surface area (Å²) >= 11 is 1.91. The van der Waals surface area contributed by atoms with Gasteiger partial charge in [-0.3, -0.25) is 0 Å². The van der Waals surface area contributed by atoms with Crippen molar-refractivity contribution in [1.29, 1.82) is 0 Å². The lowest BCUT2D eigenvalue weighted by atomic mass is 10.2.